The van der Waals surface area contributed by atoms with E-state index in [-0.39, 0.29) is 6.04 Å². The van der Waals surface area contributed by atoms with Crippen molar-refractivity contribution in [3.63, 3.8) is 0 Å². The molecule has 0 aromatic carbocycles. The number of ether oxygens (including phenoxy) is 1. The Labute approximate surface area is 124 Å². The third-order valence-corrected chi connectivity index (χ3v) is 3.29. The Bertz CT molecular complexity index is 575. The minimum absolute atomic E-state index is 0.272. The maximum absolute atomic E-state index is 5.75. The van der Waals surface area contributed by atoms with E-state index in [1.54, 1.807) is 18.0 Å². The van der Waals surface area contributed by atoms with Gasteiger partial charge in [0, 0.05) is 19.8 Å². The quantitative estimate of drug-likeness (QED) is 0.540. The molecule has 2 aromatic rings. The predicted molar refractivity (Wildman–Crippen MR) is 79.7 cm³/mol. The molecule has 0 radical (unpaired) electrons. The number of nitrogens with one attached hydrogen (secondary N) is 1. The van der Waals surface area contributed by atoms with Crippen LogP contribution in [0.15, 0.2) is 18.5 Å². The van der Waals surface area contributed by atoms with E-state index in [9.17, 15) is 0 Å². The van der Waals surface area contributed by atoms with Crippen LogP contribution in [0.5, 0.6) is 5.75 Å². The van der Waals surface area contributed by atoms with Gasteiger partial charge in [0.15, 0.2) is 5.75 Å². The van der Waals surface area contributed by atoms with Crippen LogP contribution in [-0.4, -0.2) is 52.2 Å². The van der Waals surface area contributed by atoms with Crippen LogP contribution < -0.4 is 16.0 Å². The summed E-state index contributed by atoms with van der Waals surface area (Å²) in [6, 6.07) is 1.65. The van der Waals surface area contributed by atoms with Crippen LogP contribution in [0.2, 0.25) is 0 Å². The summed E-state index contributed by atoms with van der Waals surface area (Å²) in [7, 11) is 7.55. The van der Waals surface area contributed by atoms with Crippen LogP contribution in [-0.2, 0) is 13.6 Å². The summed E-state index contributed by atoms with van der Waals surface area (Å²) in [6.07, 6.45) is 3.59. The van der Waals surface area contributed by atoms with Crippen molar-refractivity contribution in [1.82, 2.24) is 29.9 Å². The van der Waals surface area contributed by atoms with Gasteiger partial charge < -0.3 is 9.64 Å². The third-order valence-electron chi connectivity index (χ3n) is 3.29. The molecule has 0 fully saturated rings. The van der Waals surface area contributed by atoms with E-state index in [4.69, 9.17) is 10.6 Å². The summed E-state index contributed by atoms with van der Waals surface area (Å²) in [5.41, 5.74) is 4.51. The van der Waals surface area contributed by atoms with E-state index in [1.165, 1.54) is 0 Å². The van der Waals surface area contributed by atoms with Crippen LogP contribution in [0.3, 0.4) is 0 Å². The van der Waals surface area contributed by atoms with E-state index >= 15 is 0 Å². The second kappa shape index (κ2) is 6.70. The Kier molecular flexibility index (Phi) is 4.94. The fourth-order valence-corrected chi connectivity index (χ4v) is 2.19. The normalized spacial score (nSPS) is 12.9. The van der Waals surface area contributed by atoms with Gasteiger partial charge in [-0.25, -0.2) is 5.43 Å². The van der Waals surface area contributed by atoms with Gasteiger partial charge in [0.25, 0.3) is 0 Å². The van der Waals surface area contributed by atoms with Crippen molar-refractivity contribution in [1.29, 1.82) is 0 Å². The number of hydrogen-bond donors (Lipinski definition) is 2. The van der Waals surface area contributed by atoms with E-state index in [2.05, 4.69) is 20.5 Å². The van der Waals surface area contributed by atoms with Gasteiger partial charge in [0.1, 0.15) is 11.7 Å². The van der Waals surface area contributed by atoms with Crippen molar-refractivity contribution in [3.05, 3.63) is 29.8 Å². The number of methoxy groups -OCH3 is 1. The Morgan fingerprint density at radius 1 is 1.48 bits per heavy atom. The molecule has 2 heterocycles. The number of nitrogens with zero attached hydrogens (tertiary/aromatic N) is 5. The molecule has 1 atom stereocenters. The van der Waals surface area contributed by atoms with Crippen molar-refractivity contribution in [2.75, 3.05) is 27.7 Å². The topological polar surface area (TPSA) is 86.2 Å². The lowest BCUT2D eigenvalue weighted by molar-refractivity contribution is 0.359. The maximum atomic E-state index is 5.75. The molecule has 0 amide bonds. The van der Waals surface area contributed by atoms with Gasteiger partial charge in [-0.1, -0.05) is 0 Å². The predicted octanol–water partition coefficient (Wildman–Crippen LogP) is -0.260. The Morgan fingerprint density at radius 3 is 2.76 bits per heavy atom. The highest BCUT2D eigenvalue weighted by Crippen LogP contribution is 2.28. The number of hydrogen-bond acceptors (Lipinski definition) is 6. The second-order valence-corrected chi connectivity index (χ2v) is 5.14. The maximum Gasteiger partial charge on any atom is 0.162 e. The zero-order chi connectivity index (χ0) is 15.4. The average Bonchev–Trinajstić information content (AvgIpc) is 3.05. The molecule has 1 unspecified atom stereocenters. The zero-order valence-corrected chi connectivity index (χ0v) is 12.9. The van der Waals surface area contributed by atoms with E-state index in [0.29, 0.717) is 5.75 Å². The van der Waals surface area contributed by atoms with Crippen molar-refractivity contribution >= 4 is 0 Å². The fraction of sp³-hybridized carbons (Fsp3) is 0.538. The lowest BCUT2D eigenvalue weighted by atomic mass is 10.1. The van der Waals surface area contributed by atoms with Gasteiger partial charge >= 0.3 is 0 Å². The minimum Gasteiger partial charge on any atom is -0.493 e. The van der Waals surface area contributed by atoms with Gasteiger partial charge in [-0.2, -0.15) is 10.2 Å². The Hall–Kier alpha value is -1.90. The summed E-state index contributed by atoms with van der Waals surface area (Å²) in [6.45, 7) is 1.62. The molecular formula is C13H23N7O. The van der Waals surface area contributed by atoms with Crippen molar-refractivity contribution in [2.45, 2.75) is 12.6 Å². The molecule has 0 aliphatic rings. The molecular weight excluding hydrogens is 270 g/mol. The molecule has 0 spiro atoms. The highest BCUT2D eigenvalue weighted by Gasteiger charge is 2.24. The molecule has 0 aliphatic heterocycles. The molecule has 0 saturated carbocycles. The van der Waals surface area contributed by atoms with Gasteiger partial charge in [0.2, 0.25) is 0 Å². The first-order valence-corrected chi connectivity index (χ1v) is 6.77. The van der Waals surface area contributed by atoms with E-state index < -0.39 is 0 Å². The number of nitrogens with two attached hydrogens (primary N) is 1. The summed E-state index contributed by atoms with van der Waals surface area (Å²) >= 11 is 0. The molecule has 8 heteroatoms. The Morgan fingerprint density at radius 2 is 2.24 bits per heavy atom. The first-order valence-electron chi connectivity index (χ1n) is 6.77. The molecule has 3 N–H and O–H groups in total. The SMILES string of the molecule is COc1cnn(CCN(C)C)c1C(NN)c1ccn(C)n1. The minimum atomic E-state index is -0.272. The second-order valence-electron chi connectivity index (χ2n) is 5.14. The summed E-state index contributed by atoms with van der Waals surface area (Å²) < 4.78 is 9.06. The van der Waals surface area contributed by atoms with Crippen LogP contribution in [0.1, 0.15) is 17.4 Å². The molecule has 0 aliphatic carbocycles. The molecule has 2 rings (SSSR count). The molecule has 0 saturated heterocycles. The lowest BCUT2D eigenvalue weighted by Crippen LogP contribution is -2.32. The van der Waals surface area contributed by atoms with Gasteiger partial charge in [0.05, 0.1) is 25.5 Å². The van der Waals surface area contributed by atoms with Gasteiger partial charge in [-0.3, -0.25) is 15.2 Å². The number of rotatable bonds is 7. The molecule has 0 bridgehead atoms. The number of aromatic nitrogens is 4. The zero-order valence-electron chi connectivity index (χ0n) is 12.9. The highest BCUT2D eigenvalue weighted by molar-refractivity contribution is 5.33. The number of likely N-dealkylation sites (N-methyl/N-ethyl adjacent to an activating group) is 1. The largest absolute Gasteiger partial charge is 0.493 e. The van der Waals surface area contributed by atoms with Crippen molar-refractivity contribution < 1.29 is 4.74 Å². The molecule has 116 valence electrons. The molecule has 21 heavy (non-hydrogen) atoms. The standard InChI is InChI=1S/C13H23N7O/c1-18(2)7-8-20-13(11(21-4)9-15-20)12(16-14)10-5-6-19(3)17-10/h5-6,9,12,16H,7-8,14H2,1-4H3. The monoisotopic (exact) mass is 293 g/mol. The van der Waals surface area contributed by atoms with E-state index in [1.807, 2.05) is 38.1 Å². The third kappa shape index (κ3) is 3.41. The van der Waals surface area contributed by atoms with Crippen LogP contribution in [0, 0.1) is 0 Å². The van der Waals surface area contributed by atoms with Gasteiger partial charge in [-0.15, -0.1) is 0 Å². The number of hydrazine groups is 1. The highest BCUT2D eigenvalue weighted by atomic mass is 16.5. The summed E-state index contributed by atoms with van der Waals surface area (Å²) in [5, 5.41) is 8.81. The Balaban J connectivity index is 2.36. The van der Waals surface area contributed by atoms with Crippen LogP contribution in [0.25, 0.3) is 0 Å². The lowest BCUT2D eigenvalue weighted by Gasteiger charge is -2.18. The fourth-order valence-electron chi connectivity index (χ4n) is 2.19. The average molecular weight is 293 g/mol. The first-order chi connectivity index (χ1) is 10.1. The van der Waals surface area contributed by atoms with Crippen LogP contribution >= 0.6 is 0 Å². The summed E-state index contributed by atoms with van der Waals surface area (Å²) in [5.74, 6) is 6.44. The van der Waals surface area contributed by atoms with Gasteiger partial charge in [-0.05, 0) is 20.2 Å². The van der Waals surface area contributed by atoms with Crippen molar-refractivity contribution in [2.24, 2.45) is 12.9 Å². The molecule has 8 nitrogen and oxygen atoms in total. The van der Waals surface area contributed by atoms with Crippen molar-refractivity contribution in [3.8, 4) is 5.75 Å². The summed E-state index contributed by atoms with van der Waals surface area (Å²) in [4.78, 5) is 2.10. The van der Waals surface area contributed by atoms with E-state index in [0.717, 1.165) is 24.5 Å². The number of aryl methyl sites for hydroxylation is 1. The smallest absolute Gasteiger partial charge is 0.162 e. The van der Waals surface area contributed by atoms with Crippen LogP contribution in [0.4, 0.5) is 0 Å². The first kappa shape index (κ1) is 15.5. The molecule has 2 aromatic heterocycles.